The van der Waals surface area contributed by atoms with Gasteiger partial charge in [-0.25, -0.2) is 8.42 Å². The second-order valence-corrected chi connectivity index (χ2v) is 7.86. The van der Waals surface area contributed by atoms with E-state index in [1.54, 1.807) is 19.2 Å². The van der Waals surface area contributed by atoms with Gasteiger partial charge in [0.2, 0.25) is 21.8 Å². The first kappa shape index (κ1) is 19.7. The molecule has 1 aliphatic heterocycles. The van der Waals surface area contributed by atoms with Gasteiger partial charge in [-0.1, -0.05) is 6.92 Å². The van der Waals surface area contributed by atoms with Gasteiger partial charge in [-0.15, -0.1) is 10.2 Å². The minimum absolute atomic E-state index is 0.125. The van der Waals surface area contributed by atoms with E-state index in [2.05, 4.69) is 10.2 Å². The third kappa shape index (κ3) is 4.64. The van der Waals surface area contributed by atoms with Gasteiger partial charge in [0.25, 0.3) is 0 Å². The number of nitrogens with zero attached hydrogens (tertiary/aromatic N) is 3. The van der Waals surface area contributed by atoms with Crippen LogP contribution in [0.3, 0.4) is 0 Å². The Kier molecular flexibility index (Phi) is 6.42. The molecule has 0 bridgehead atoms. The Labute approximate surface area is 158 Å². The Morgan fingerprint density at radius 3 is 2.67 bits per heavy atom. The predicted molar refractivity (Wildman–Crippen MR) is 94.9 cm³/mol. The van der Waals surface area contributed by atoms with Crippen molar-refractivity contribution in [1.29, 1.82) is 0 Å². The number of morpholine rings is 1. The van der Waals surface area contributed by atoms with Crippen LogP contribution in [-0.2, 0) is 25.9 Å². The zero-order chi connectivity index (χ0) is 19.3. The number of hydrogen-bond donors (Lipinski definition) is 0. The Balaban J connectivity index is 1.70. The molecule has 1 saturated heterocycles. The van der Waals surface area contributed by atoms with Crippen LogP contribution in [0.25, 0.3) is 0 Å². The second-order valence-electron chi connectivity index (χ2n) is 5.92. The summed E-state index contributed by atoms with van der Waals surface area (Å²) in [5.74, 6) is 1.38. The van der Waals surface area contributed by atoms with Crippen molar-refractivity contribution in [3.05, 3.63) is 36.0 Å². The Hall–Kier alpha value is -2.01. The summed E-state index contributed by atoms with van der Waals surface area (Å²) < 4.78 is 48.8. The molecule has 27 heavy (non-hydrogen) atoms. The van der Waals surface area contributed by atoms with Crippen molar-refractivity contribution in [3.63, 3.8) is 0 Å². The maximum Gasteiger partial charge on any atom is 0.246 e. The highest BCUT2D eigenvalue weighted by molar-refractivity contribution is 7.89. The summed E-state index contributed by atoms with van der Waals surface area (Å²) in [6.07, 6.45) is 0.0403. The van der Waals surface area contributed by atoms with Crippen molar-refractivity contribution in [2.75, 3.05) is 40.0 Å². The maximum absolute atomic E-state index is 12.9. The zero-order valence-electron chi connectivity index (χ0n) is 15.3. The minimum atomic E-state index is -3.66. The molecule has 0 amide bonds. The second kappa shape index (κ2) is 8.79. The summed E-state index contributed by atoms with van der Waals surface area (Å²) in [6.45, 7) is 3.41. The SMILES string of the molecule is CCc1nnc([C@H]2CN(S(=O)(=O)c3ccc(OCCOC)cc3)CCO2)o1. The molecule has 0 N–H and O–H groups in total. The molecular formula is C17H23N3O6S. The van der Waals surface area contributed by atoms with Crippen molar-refractivity contribution in [3.8, 4) is 5.75 Å². The molecule has 0 radical (unpaired) electrons. The predicted octanol–water partition coefficient (Wildman–Crippen LogP) is 1.42. The lowest BCUT2D eigenvalue weighted by Crippen LogP contribution is -2.42. The van der Waals surface area contributed by atoms with Crippen LogP contribution in [0.1, 0.15) is 24.8 Å². The van der Waals surface area contributed by atoms with Crippen molar-refractivity contribution in [1.82, 2.24) is 14.5 Å². The van der Waals surface area contributed by atoms with E-state index < -0.39 is 16.1 Å². The van der Waals surface area contributed by atoms with Crippen molar-refractivity contribution in [2.24, 2.45) is 0 Å². The summed E-state index contributed by atoms with van der Waals surface area (Å²) >= 11 is 0. The molecule has 148 valence electrons. The van der Waals surface area contributed by atoms with Gasteiger partial charge in [-0.05, 0) is 24.3 Å². The van der Waals surface area contributed by atoms with E-state index in [-0.39, 0.29) is 24.6 Å². The molecule has 3 rings (SSSR count). The fraction of sp³-hybridized carbons (Fsp3) is 0.529. The maximum atomic E-state index is 12.9. The van der Waals surface area contributed by atoms with E-state index in [4.69, 9.17) is 18.6 Å². The lowest BCUT2D eigenvalue weighted by molar-refractivity contribution is -0.0177. The Morgan fingerprint density at radius 1 is 1.22 bits per heavy atom. The van der Waals surface area contributed by atoms with Crippen molar-refractivity contribution in [2.45, 2.75) is 24.3 Å². The summed E-state index contributed by atoms with van der Waals surface area (Å²) in [4.78, 5) is 0.196. The molecule has 1 aromatic carbocycles. The Bertz CT molecular complexity index is 837. The first-order valence-corrected chi connectivity index (χ1v) is 10.1. The van der Waals surface area contributed by atoms with E-state index in [1.807, 2.05) is 6.92 Å². The molecule has 0 saturated carbocycles. The van der Waals surface area contributed by atoms with Crippen molar-refractivity contribution >= 4 is 10.0 Å². The van der Waals surface area contributed by atoms with E-state index in [9.17, 15) is 8.42 Å². The lowest BCUT2D eigenvalue weighted by atomic mass is 10.3. The molecular weight excluding hydrogens is 374 g/mol. The van der Waals surface area contributed by atoms with Gasteiger partial charge in [-0.2, -0.15) is 4.31 Å². The van der Waals surface area contributed by atoms with Crippen LogP contribution in [0.5, 0.6) is 5.75 Å². The van der Waals surface area contributed by atoms with Gasteiger partial charge in [-0.3, -0.25) is 0 Å². The number of ether oxygens (including phenoxy) is 3. The van der Waals surface area contributed by atoms with Gasteiger partial charge < -0.3 is 18.6 Å². The number of rotatable bonds is 8. The van der Waals surface area contributed by atoms with Crippen LogP contribution >= 0.6 is 0 Å². The minimum Gasteiger partial charge on any atom is -0.491 e. The van der Waals surface area contributed by atoms with E-state index >= 15 is 0 Å². The third-order valence-electron chi connectivity index (χ3n) is 4.11. The first-order chi connectivity index (χ1) is 13.0. The molecule has 1 aromatic heterocycles. The van der Waals surface area contributed by atoms with Gasteiger partial charge in [0.15, 0.2) is 0 Å². The molecule has 1 fully saturated rings. The Morgan fingerprint density at radius 2 is 2.00 bits per heavy atom. The van der Waals surface area contributed by atoms with E-state index in [0.717, 1.165) is 0 Å². The number of aromatic nitrogens is 2. The normalized spacial score (nSPS) is 18.5. The first-order valence-electron chi connectivity index (χ1n) is 8.70. The quantitative estimate of drug-likeness (QED) is 0.616. The molecule has 0 spiro atoms. The molecule has 1 atom stereocenters. The molecule has 0 unspecified atom stereocenters. The fourth-order valence-corrected chi connectivity index (χ4v) is 4.06. The highest BCUT2D eigenvalue weighted by atomic mass is 32.2. The van der Waals surface area contributed by atoms with Gasteiger partial charge >= 0.3 is 0 Å². The summed E-state index contributed by atoms with van der Waals surface area (Å²) in [5.41, 5.74) is 0. The van der Waals surface area contributed by atoms with Crippen LogP contribution in [0.2, 0.25) is 0 Å². The summed E-state index contributed by atoms with van der Waals surface area (Å²) in [5, 5.41) is 7.87. The van der Waals surface area contributed by atoms with Gasteiger partial charge in [0.05, 0.1) is 18.1 Å². The highest BCUT2D eigenvalue weighted by Crippen LogP contribution is 2.26. The monoisotopic (exact) mass is 397 g/mol. The lowest BCUT2D eigenvalue weighted by Gasteiger charge is -2.30. The molecule has 2 heterocycles. The molecule has 2 aromatic rings. The molecule has 10 heteroatoms. The number of methoxy groups -OCH3 is 1. The van der Waals surface area contributed by atoms with E-state index in [1.165, 1.54) is 16.4 Å². The average molecular weight is 397 g/mol. The van der Waals surface area contributed by atoms with Crippen LogP contribution in [0.15, 0.2) is 33.6 Å². The number of benzene rings is 1. The summed E-state index contributed by atoms with van der Waals surface area (Å²) in [7, 11) is -2.07. The van der Waals surface area contributed by atoms with Crippen LogP contribution in [-0.4, -0.2) is 62.9 Å². The third-order valence-corrected chi connectivity index (χ3v) is 5.99. The van der Waals surface area contributed by atoms with Crippen LogP contribution in [0.4, 0.5) is 0 Å². The largest absolute Gasteiger partial charge is 0.491 e. The smallest absolute Gasteiger partial charge is 0.246 e. The number of aryl methyl sites for hydroxylation is 1. The molecule has 9 nitrogen and oxygen atoms in total. The van der Waals surface area contributed by atoms with Crippen LogP contribution < -0.4 is 4.74 Å². The zero-order valence-corrected chi connectivity index (χ0v) is 16.1. The number of sulfonamides is 1. The van der Waals surface area contributed by atoms with Crippen LogP contribution in [0, 0.1) is 0 Å². The topological polar surface area (TPSA) is 104 Å². The van der Waals surface area contributed by atoms with Gasteiger partial charge in [0, 0.05) is 26.6 Å². The van der Waals surface area contributed by atoms with E-state index in [0.29, 0.717) is 37.2 Å². The summed E-state index contributed by atoms with van der Waals surface area (Å²) in [6, 6.07) is 6.33. The van der Waals surface area contributed by atoms with Gasteiger partial charge in [0.1, 0.15) is 18.5 Å². The molecule has 1 aliphatic rings. The fourth-order valence-electron chi connectivity index (χ4n) is 2.63. The average Bonchev–Trinajstić information content (AvgIpc) is 3.18. The van der Waals surface area contributed by atoms with Crippen molar-refractivity contribution < 1.29 is 27.0 Å². The number of hydrogen-bond acceptors (Lipinski definition) is 8. The standard InChI is InChI=1S/C17H23N3O6S/c1-3-16-18-19-17(26-16)15-12-20(8-9-25-15)27(21,22)14-6-4-13(5-7-14)24-11-10-23-2/h4-7,15H,3,8-12H2,1-2H3/t15-/m1/s1. The highest BCUT2D eigenvalue weighted by Gasteiger charge is 2.34. The molecule has 0 aliphatic carbocycles.